The highest BCUT2D eigenvalue weighted by molar-refractivity contribution is 6.10. The van der Waals surface area contributed by atoms with Crippen molar-refractivity contribution in [2.45, 2.75) is 19.9 Å². The zero-order chi connectivity index (χ0) is 24.9. The van der Waals surface area contributed by atoms with E-state index in [0.29, 0.717) is 39.6 Å². The van der Waals surface area contributed by atoms with Gasteiger partial charge in [0, 0.05) is 5.69 Å². The molecule has 0 spiro atoms. The highest BCUT2D eigenvalue weighted by atomic mass is 16.5. The van der Waals surface area contributed by atoms with Crippen molar-refractivity contribution < 1.29 is 23.4 Å². The first kappa shape index (κ1) is 22.5. The number of nitrogens with zero attached hydrogens (tertiary/aromatic N) is 2. The van der Waals surface area contributed by atoms with Crippen molar-refractivity contribution in [3.63, 3.8) is 0 Å². The number of aryl methyl sites for hydroxylation is 2. The van der Waals surface area contributed by atoms with Crippen LogP contribution in [-0.2, 0) is 0 Å². The molecule has 0 bridgehead atoms. The molecule has 1 aliphatic rings. The first-order valence-electron chi connectivity index (χ1n) is 11.0. The molecule has 4 aromatic rings. The van der Waals surface area contributed by atoms with Crippen LogP contribution in [0.5, 0.6) is 17.2 Å². The molecule has 3 heterocycles. The smallest absolute Gasteiger partial charge is 0.296 e. The molecule has 1 aliphatic heterocycles. The van der Waals surface area contributed by atoms with Gasteiger partial charge >= 0.3 is 0 Å². The minimum atomic E-state index is -0.818. The summed E-state index contributed by atoms with van der Waals surface area (Å²) in [6.07, 6.45) is 0. The fourth-order valence-electron chi connectivity index (χ4n) is 4.56. The predicted molar refractivity (Wildman–Crippen MR) is 131 cm³/mol. The molecule has 0 aliphatic carbocycles. The van der Waals surface area contributed by atoms with Crippen molar-refractivity contribution in [1.82, 2.24) is 4.98 Å². The SMILES string of the molecule is COc1cc([C@H]2c3c(oc4ccc(C)cc4c3=O)C(=O)N2c2cccc(C)n2)cc(OC)c1OC. The molecule has 178 valence electrons. The molecule has 0 radical (unpaired) electrons. The highest BCUT2D eigenvalue weighted by Gasteiger charge is 2.45. The van der Waals surface area contributed by atoms with Crippen LogP contribution in [0.2, 0.25) is 0 Å². The van der Waals surface area contributed by atoms with Crippen LogP contribution in [-0.4, -0.2) is 32.2 Å². The van der Waals surface area contributed by atoms with Gasteiger partial charge in [-0.2, -0.15) is 0 Å². The zero-order valence-corrected chi connectivity index (χ0v) is 20.0. The van der Waals surface area contributed by atoms with E-state index in [1.165, 1.54) is 26.2 Å². The lowest BCUT2D eigenvalue weighted by molar-refractivity contribution is 0.0970. The number of pyridine rings is 1. The topological polar surface area (TPSA) is 91.1 Å². The Morgan fingerprint density at radius 2 is 1.63 bits per heavy atom. The number of carbonyl (C=O) groups excluding carboxylic acids is 1. The van der Waals surface area contributed by atoms with E-state index in [2.05, 4.69) is 4.98 Å². The molecule has 8 nitrogen and oxygen atoms in total. The first-order valence-corrected chi connectivity index (χ1v) is 11.0. The Labute approximate surface area is 201 Å². The number of fused-ring (bicyclic) bond motifs is 2. The molecule has 0 fully saturated rings. The number of methoxy groups -OCH3 is 3. The lowest BCUT2D eigenvalue weighted by Crippen LogP contribution is -2.30. The number of carbonyl (C=O) groups is 1. The van der Waals surface area contributed by atoms with Crippen LogP contribution in [0.4, 0.5) is 5.82 Å². The number of ether oxygens (including phenoxy) is 3. The Hall–Kier alpha value is -4.33. The van der Waals surface area contributed by atoms with Crippen LogP contribution in [0.25, 0.3) is 11.0 Å². The van der Waals surface area contributed by atoms with Crippen molar-refractivity contribution in [1.29, 1.82) is 0 Å². The van der Waals surface area contributed by atoms with Crippen molar-refractivity contribution in [3.8, 4) is 17.2 Å². The van der Waals surface area contributed by atoms with Crippen molar-refractivity contribution in [3.05, 3.63) is 86.9 Å². The summed E-state index contributed by atoms with van der Waals surface area (Å²) >= 11 is 0. The van der Waals surface area contributed by atoms with Crippen LogP contribution in [0.3, 0.4) is 0 Å². The zero-order valence-electron chi connectivity index (χ0n) is 20.0. The molecule has 1 atom stereocenters. The van der Waals surface area contributed by atoms with Gasteiger partial charge in [0.15, 0.2) is 16.9 Å². The van der Waals surface area contributed by atoms with Crippen LogP contribution in [0.15, 0.2) is 57.7 Å². The third kappa shape index (κ3) is 3.49. The van der Waals surface area contributed by atoms with Gasteiger partial charge in [0.2, 0.25) is 11.5 Å². The number of amides is 1. The number of hydrogen-bond donors (Lipinski definition) is 0. The molecule has 5 rings (SSSR count). The lowest BCUT2D eigenvalue weighted by atomic mass is 9.97. The molecular formula is C27H24N2O6. The summed E-state index contributed by atoms with van der Waals surface area (Å²) in [5.74, 6) is 1.16. The maximum absolute atomic E-state index is 13.8. The molecule has 2 aromatic carbocycles. The number of benzene rings is 2. The summed E-state index contributed by atoms with van der Waals surface area (Å²) in [4.78, 5) is 33.6. The lowest BCUT2D eigenvalue weighted by Gasteiger charge is -2.25. The summed E-state index contributed by atoms with van der Waals surface area (Å²) in [6.45, 7) is 3.74. The average molecular weight is 472 g/mol. The van der Waals surface area contributed by atoms with Crippen LogP contribution < -0.4 is 24.5 Å². The van der Waals surface area contributed by atoms with Gasteiger partial charge in [-0.15, -0.1) is 0 Å². The van der Waals surface area contributed by atoms with E-state index < -0.39 is 11.9 Å². The van der Waals surface area contributed by atoms with Crippen molar-refractivity contribution in [2.75, 3.05) is 26.2 Å². The fraction of sp³-hybridized carbons (Fsp3) is 0.222. The monoisotopic (exact) mass is 472 g/mol. The van der Waals surface area contributed by atoms with Gasteiger partial charge in [0.1, 0.15) is 11.4 Å². The molecule has 0 unspecified atom stereocenters. The fourth-order valence-corrected chi connectivity index (χ4v) is 4.56. The second-order valence-corrected chi connectivity index (χ2v) is 8.35. The molecular weight excluding hydrogens is 448 g/mol. The summed E-state index contributed by atoms with van der Waals surface area (Å²) < 4.78 is 22.6. The van der Waals surface area contributed by atoms with Gasteiger partial charge in [-0.25, -0.2) is 4.98 Å². The number of aromatic nitrogens is 1. The number of anilines is 1. The number of rotatable bonds is 5. The van der Waals surface area contributed by atoms with Crippen LogP contribution in [0.1, 0.15) is 39.0 Å². The molecule has 0 N–H and O–H groups in total. The molecule has 2 aromatic heterocycles. The van der Waals surface area contributed by atoms with Gasteiger partial charge in [-0.3, -0.25) is 14.5 Å². The third-order valence-electron chi connectivity index (χ3n) is 6.15. The Kier molecular flexibility index (Phi) is 5.43. The van der Waals surface area contributed by atoms with E-state index in [4.69, 9.17) is 18.6 Å². The van der Waals surface area contributed by atoms with Gasteiger partial charge in [-0.1, -0.05) is 17.7 Å². The summed E-state index contributed by atoms with van der Waals surface area (Å²) in [6, 6.07) is 13.4. The number of hydrogen-bond acceptors (Lipinski definition) is 7. The van der Waals surface area contributed by atoms with Crippen LogP contribution in [0, 0.1) is 13.8 Å². The van der Waals surface area contributed by atoms with Gasteiger partial charge in [-0.05, 0) is 55.8 Å². The molecule has 0 saturated carbocycles. The summed E-state index contributed by atoms with van der Waals surface area (Å²) in [7, 11) is 4.54. The van der Waals surface area contributed by atoms with Crippen molar-refractivity contribution in [2.24, 2.45) is 0 Å². The largest absolute Gasteiger partial charge is 0.493 e. The Bertz CT molecular complexity index is 1520. The highest BCUT2D eigenvalue weighted by Crippen LogP contribution is 2.46. The van der Waals surface area contributed by atoms with Crippen molar-refractivity contribution >= 4 is 22.7 Å². The van der Waals surface area contributed by atoms with E-state index in [9.17, 15) is 9.59 Å². The Morgan fingerprint density at radius 3 is 2.26 bits per heavy atom. The average Bonchev–Trinajstić information content (AvgIpc) is 3.16. The third-order valence-corrected chi connectivity index (χ3v) is 6.15. The second kappa shape index (κ2) is 8.47. The van der Waals surface area contributed by atoms with Gasteiger partial charge in [0.05, 0.1) is 38.3 Å². The van der Waals surface area contributed by atoms with E-state index >= 15 is 0 Å². The second-order valence-electron chi connectivity index (χ2n) is 8.35. The maximum atomic E-state index is 13.8. The first-order chi connectivity index (χ1) is 16.9. The van der Waals surface area contributed by atoms with E-state index in [0.717, 1.165) is 11.3 Å². The van der Waals surface area contributed by atoms with E-state index in [1.54, 1.807) is 30.3 Å². The minimum absolute atomic E-state index is 0.00610. The Balaban J connectivity index is 1.85. The van der Waals surface area contributed by atoms with Crippen LogP contribution >= 0.6 is 0 Å². The molecule has 8 heteroatoms. The van der Waals surface area contributed by atoms with E-state index in [1.807, 2.05) is 32.0 Å². The quantitative estimate of drug-likeness (QED) is 0.420. The Morgan fingerprint density at radius 1 is 0.914 bits per heavy atom. The predicted octanol–water partition coefficient (Wildman–Crippen LogP) is 4.58. The van der Waals surface area contributed by atoms with Gasteiger partial charge in [0.25, 0.3) is 5.91 Å². The van der Waals surface area contributed by atoms with Gasteiger partial charge < -0.3 is 18.6 Å². The standard InChI is InChI=1S/C27H24N2O6/c1-14-9-10-18-17(11-14)24(30)22-23(16-12-19(32-3)25(34-5)20(13-16)33-4)29(27(31)26(22)35-18)21-8-6-7-15(2)28-21/h6-13,23H,1-5H3/t23-/m0/s1. The maximum Gasteiger partial charge on any atom is 0.296 e. The minimum Gasteiger partial charge on any atom is -0.493 e. The summed E-state index contributed by atoms with van der Waals surface area (Å²) in [5.41, 5.74) is 2.56. The summed E-state index contributed by atoms with van der Waals surface area (Å²) in [5, 5.41) is 0.410. The molecule has 35 heavy (non-hydrogen) atoms. The normalized spacial score (nSPS) is 14.8. The molecule has 0 saturated heterocycles. The molecule has 1 amide bonds. The van der Waals surface area contributed by atoms with E-state index in [-0.39, 0.29) is 16.8 Å².